The van der Waals surface area contributed by atoms with E-state index < -0.39 is 0 Å². The van der Waals surface area contributed by atoms with Crippen LogP contribution in [0.4, 0.5) is 11.4 Å². The van der Waals surface area contributed by atoms with E-state index in [0.717, 1.165) is 52.9 Å². The fourth-order valence-electron chi connectivity index (χ4n) is 3.55. The third kappa shape index (κ3) is 4.61. The Bertz CT molecular complexity index is 1040. The Morgan fingerprint density at radius 1 is 0.621 bits per heavy atom. The lowest BCUT2D eigenvalue weighted by Gasteiger charge is -2.14. The number of hydrogen-bond acceptors (Lipinski definition) is 4. The van der Waals surface area contributed by atoms with Gasteiger partial charge in [-0.25, -0.2) is 0 Å². The molecule has 3 nitrogen and oxygen atoms in total. The minimum Gasteiger partial charge on any atom is -0.382 e. The molecule has 0 atom stereocenters. The van der Waals surface area contributed by atoms with Crippen molar-refractivity contribution in [2.45, 2.75) is 4.90 Å². The predicted molar refractivity (Wildman–Crippen MR) is 130 cm³/mol. The van der Waals surface area contributed by atoms with E-state index in [0.29, 0.717) is 0 Å². The van der Waals surface area contributed by atoms with E-state index in [2.05, 4.69) is 77.1 Å². The molecule has 0 saturated heterocycles. The van der Waals surface area contributed by atoms with Gasteiger partial charge in [-0.1, -0.05) is 72.3 Å². The molecule has 0 heterocycles. The van der Waals surface area contributed by atoms with Gasteiger partial charge in [-0.05, 0) is 22.9 Å². The topological polar surface area (TPSA) is 36.1 Å². The molecule has 0 saturated carbocycles. The Balaban J connectivity index is 1.27. The molecule has 3 N–H and O–H groups in total. The van der Waals surface area contributed by atoms with Crippen LogP contribution in [0.25, 0.3) is 21.5 Å². The van der Waals surface area contributed by atoms with Crippen LogP contribution in [0.3, 0.4) is 0 Å². The second-order valence-corrected chi connectivity index (χ2v) is 7.82. The Morgan fingerprint density at radius 2 is 1.17 bits per heavy atom. The van der Waals surface area contributed by atoms with Crippen LogP contribution >= 0.6 is 24.2 Å². The zero-order chi connectivity index (χ0) is 20.1. The van der Waals surface area contributed by atoms with E-state index in [1.807, 2.05) is 24.3 Å². The van der Waals surface area contributed by atoms with Crippen molar-refractivity contribution in [2.24, 2.45) is 0 Å². The van der Waals surface area contributed by atoms with Gasteiger partial charge in [0.25, 0.3) is 0 Å². The van der Waals surface area contributed by atoms with Crippen LogP contribution in [0.2, 0.25) is 5.02 Å². The van der Waals surface area contributed by atoms with Gasteiger partial charge in [0, 0.05) is 41.8 Å². The summed E-state index contributed by atoms with van der Waals surface area (Å²) >= 11 is 11.0. The Morgan fingerprint density at radius 3 is 1.86 bits per heavy atom. The Hall–Kier alpha value is -2.40. The summed E-state index contributed by atoms with van der Waals surface area (Å²) in [5.41, 5.74) is 2.09. The molecule has 4 aromatic carbocycles. The van der Waals surface area contributed by atoms with Crippen molar-refractivity contribution in [1.29, 1.82) is 0 Å². The summed E-state index contributed by atoms with van der Waals surface area (Å²) < 4.78 is 0. The lowest BCUT2D eigenvalue weighted by molar-refractivity contribution is 0.719. The number of thiol groups is 1. The molecule has 0 spiro atoms. The van der Waals surface area contributed by atoms with Crippen molar-refractivity contribution >= 4 is 57.1 Å². The van der Waals surface area contributed by atoms with Gasteiger partial charge in [-0.3, -0.25) is 0 Å². The van der Waals surface area contributed by atoms with Crippen molar-refractivity contribution in [1.82, 2.24) is 5.32 Å². The molecule has 0 aliphatic heterocycles. The molecule has 0 aliphatic rings. The Labute approximate surface area is 181 Å². The molecule has 4 aromatic rings. The highest BCUT2D eigenvalue weighted by Gasteiger charge is 2.06. The van der Waals surface area contributed by atoms with Gasteiger partial charge in [-0.15, -0.1) is 12.6 Å². The number of benzene rings is 4. The van der Waals surface area contributed by atoms with Crippen molar-refractivity contribution in [2.75, 3.05) is 36.8 Å². The molecular weight excluding hydrogens is 398 g/mol. The lowest BCUT2D eigenvalue weighted by Crippen LogP contribution is -2.27. The quantitative estimate of drug-likeness (QED) is 0.206. The molecule has 0 aliphatic carbocycles. The second-order valence-electron chi connectivity index (χ2n) is 6.93. The number of anilines is 2. The fourth-order valence-corrected chi connectivity index (χ4v) is 4.05. The van der Waals surface area contributed by atoms with Gasteiger partial charge < -0.3 is 16.0 Å². The van der Waals surface area contributed by atoms with Crippen LogP contribution in [-0.2, 0) is 0 Å². The van der Waals surface area contributed by atoms with Gasteiger partial charge in [0.2, 0.25) is 0 Å². The first-order valence-corrected chi connectivity index (χ1v) is 10.6. The SMILES string of the molecule is Sc1ccc2ccccc2c1NCCNCCNc1c(Cl)ccc2ccccc12. The summed E-state index contributed by atoms with van der Waals surface area (Å²) in [5, 5.41) is 16.0. The average Bonchev–Trinajstić information content (AvgIpc) is 2.75. The predicted octanol–water partition coefficient (Wildman–Crippen LogP) is 6.05. The van der Waals surface area contributed by atoms with E-state index in [4.69, 9.17) is 11.6 Å². The molecular formula is C24H24ClN3S. The highest BCUT2D eigenvalue weighted by molar-refractivity contribution is 7.80. The van der Waals surface area contributed by atoms with Crippen molar-refractivity contribution in [3.05, 3.63) is 77.8 Å². The monoisotopic (exact) mass is 421 g/mol. The highest BCUT2D eigenvalue weighted by Crippen LogP contribution is 2.31. The first-order chi connectivity index (χ1) is 14.2. The molecule has 4 rings (SSSR count). The Kier molecular flexibility index (Phi) is 6.45. The smallest absolute Gasteiger partial charge is 0.0644 e. The van der Waals surface area contributed by atoms with Crippen LogP contribution in [-0.4, -0.2) is 26.2 Å². The van der Waals surface area contributed by atoms with E-state index >= 15 is 0 Å². The number of rotatable bonds is 8. The fraction of sp³-hybridized carbons (Fsp3) is 0.167. The first kappa shape index (κ1) is 19.9. The summed E-state index contributed by atoms with van der Waals surface area (Å²) in [6, 6.07) is 24.8. The van der Waals surface area contributed by atoms with Gasteiger partial charge >= 0.3 is 0 Å². The number of fused-ring (bicyclic) bond motifs is 2. The van der Waals surface area contributed by atoms with Crippen LogP contribution in [0.15, 0.2) is 77.7 Å². The summed E-state index contributed by atoms with van der Waals surface area (Å²) in [4.78, 5) is 0.968. The molecule has 0 unspecified atom stereocenters. The molecule has 0 aromatic heterocycles. The van der Waals surface area contributed by atoms with Gasteiger partial charge in [-0.2, -0.15) is 0 Å². The third-order valence-electron chi connectivity index (χ3n) is 4.99. The maximum absolute atomic E-state index is 6.40. The lowest BCUT2D eigenvalue weighted by atomic mass is 10.1. The minimum atomic E-state index is 0.752. The standard InChI is InChI=1S/C24H24ClN3S/c25-21-11-9-17-5-1-3-7-19(17)23(21)27-15-13-26-14-16-28-24-20-8-4-2-6-18(20)10-12-22(24)29/h1-12,26-29H,13-16H2. The van der Waals surface area contributed by atoms with Crippen LogP contribution < -0.4 is 16.0 Å². The zero-order valence-corrected chi connectivity index (χ0v) is 17.7. The average molecular weight is 422 g/mol. The molecule has 0 amide bonds. The second kappa shape index (κ2) is 9.40. The maximum Gasteiger partial charge on any atom is 0.0644 e. The molecule has 148 valence electrons. The third-order valence-corrected chi connectivity index (χ3v) is 5.68. The van der Waals surface area contributed by atoms with Gasteiger partial charge in [0.05, 0.1) is 16.4 Å². The normalized spacial score (nSPS) is 11.1. The van der Waals surface area contributed by atoms with Crippen molar-refractivity contribution in [3.8, 4) is 0 Å². The summed E-state index contributed by atoms with van der Waals surface area (Å²) in [7, 11) is 0. The highest BCUT2D eigenvalue weighted by atomic mass is 35.5. The molecule has 0 fully saturated rings. The van der Waals surface area contributed by atoms with E-state index in [1.54, 1.807) is 0 Å². The summed E-state index contributed by atoms with van der Waals surface area (Å²) in [6.07, 6.45) is 0. The van der Waals surface area contributed by atoms with Gasteiger partial charge in [0.1, 0.15) is 0 Å². The van der Waals surface area contributed by atoms with E-state index in [1.165, 1.54) is 16.2 Å². The number of nitrogens with one attached hydrogen (secondary N) is 3. The largest absolute Gasteiger partial charge is 0.382 e. The van der Waals surface area contributed by atoms with Crippen LogP contribution in [0, 0.1) is 0 Å². The van der Waals surface area contributed by atoms with E-state index in [-0.39, 0.29) is 0 Å². The minimum absolute atomic E-state index is 0.752. The number of halogens is 1. The van der Waals surface area contributed by atoms with Crippen molar-refractivity contribution < 1.29 is 0 Å². The molecule has 0 radical (unpaired) electrons. The van der Waals surface area contributed by atoms with Crippen molar-refractivity contribution in [3.63, 3.8) is 0 Å². The van der Waals surface area contributed by atoms with Gasteiger partial charge in [0.15, 0.2) is 0 Å². The number of hydrogen-bond donors (Lipinski definition) is 4. The first-order valence-electron chi connectivity index (χ1n) is 9.80. The van der Waals surface area contributed by atoms with Crippen LogP contribution in [0.5, 0.6) is 0 Å². The van der Waals surface area contributed by atoms with Crippen LogP contribution in [0.1, 0.15) is 0 Å². The molecule has 29 heavy (non-hydrogen) atoms. The molecule has 5 heteroatoms. The van der Waals surface area contributed by atoms with E-state index in [9.17, 15) is 0 Å². The maximum atomic E-state index is 6.40. The summed E-state index contributed by atoms with van der Waals surface area (Å²) in [6.45, 7) is 3.35. The summed E-state index contributed by atoms with van der Waals surface area (Å²) in [5.74, 6) is 0. The zero-order valence-electron chi connectivity index (χ0n) is 16.1. The molecule has 0 bridgehead atoms.